The minimum absolute atomic E-state index is 0.0280. The van der Waals surface area contributed by atoms with Gasteiger partial charge in [-0.25, -0.2) is 4.57 Å². The van der Waals surface area contributed by atoms with Crippen LogP contribution >= 0.6 is 31.0 Å². The molecule has 0 fully saturated rings. The molecule has 0 unspecified atom stereocenters. The number of hydrogen-bond donors (Lipinski definition) is 0. The van der Waals surface area contributed by atoms with E-state index in [1.54, 1.807) is 34.8 Å². The van der Waals surface area contributed by atoms with E-state index in [0.29, 0.717) is 32.7 Å². The van der Waals surface area contributed by atoms with E-state index < -0.39 is 25.7 Å². The van der Waals surface area contributed by atoms with E-state index in [0.717, 1.165) is 35.5 Å². The molecule has 0 aliphatic carbocycles. The molecule has 1 atom stereocenters. The average Bonchev–Trinajstić information content (AvgIpc) is 3.14. The zero-order valence-electron chi connectivity index (χ0n) is 32.5. The van der Waals surface area contributed by atoms with Gasteiger partial charge in [-0.05, 0) is 97.8 Å². The van der Waals surface area contributed by atoms with Crippen molar-refractivity contribution in [2.24, 2.45) is 0 Å². The fourth-order valence-corrected chi connectivity index (χ4v) is 6.87. The molecule has 2 amide bonds. The van der Waals surface area contributed by atoms with E-state index >= 15 is 0 Å². The van der Waals surface area contributed by atoms with Gasteiger partial charge in [-0.2, -0.15) is 0 Å². The summed E-state index contributed by atoms with van der Waals surface area (Å²) in [5.74, 6) is 0.170. The van der Waals surface area contributed by atoms with Crippen molar-refractivity contribution in [2.45, 2.75) is 60.5 Å². The molecule has 2 aromatic rings. The number of methoxy groups -OCH3 is 1. The van der Waals surface area contributed by atoms with Gasteiger partial charge >= 0.3 is 7.82 Å². The molecule has 0 saturated heterocycles. The quantitative estimate of drug-likeness (QED) is 0.0454. The lowest BCUT2D eigenvalue weighted by Gasteiger charge is -2.24. The SMILES string of the molecule is CCN(CC)C(=O)/C(Cl)=C(\C)OP(=O)(OCCO[C@@H](COc1ccccc1CCc1cccc(OC)c1)CN(C)C)O/C(C)=C(\Cl)C(=O)N(CC)CC. The Morgan fingerprint density at radius 3 is 1.89 bits per heavy atom. The number of carbonyl (C=O) groups excluding carboxylic acids is 2. The van der Waals surface area contributed by atoms with Crippen molar-refractivity contribution in [1.82, 2.24) is 14.7 Å². The molecule has 0 heterocycles. The Balaban J connectivity index is 2.20. The number of hydrogen-bond acceptors (Lipinski definition) is 10. The van der Waals surface area contributed by atoms with Gasteiger partial charge in [-0.15, -0.1) is 0 Å². The van der Waals surface area contributed by atoms with Crippen molar-refractivity contribution >= 4 is 42.8 Å². The molecular weight excluding hydrogens is 744 g/mol. The predicted octanol–water partition coefficient (Wildman–Crippen LogP) is 7.64. The third kappa shape index (κ3) is 15.2. The highest BCUT2D eigenvalue weighted by Gasteiger charge is 2.34. The first-order chi connectivity index (χ1) is 25.2. The van der Waals surface area contributed by atoms with Crippen LogP contribution in [0.3, 0.4) is 0 Å². The number of para-hydroxylation sites is 1. The Morgan fingerprint density at radius 1 is 0.792 bits per heavy atom. The van der Waals surface area contributed by atoms with Gasteiger partial charge in [0, 0.05) is 32.7 Å². The number of amides is 2. The molecule has 0 radical (unpaired) electrons. The van der Waals surface area contributed by atoms with Gasteiger partial charge in [-0.1, -0.05) is 53.5 Å². The highest BCUT2D eigenvalue weighted by Crippen LogP contribution is 2.54. The molecule has 0 bridgehead atoms. The summed E-state index contributed by atoms with van der Waals surface area (Å²) in [4.78, 5) is 30.7. The topological polar surface area (TPSA) is 116 Å². The standard InChI is InChI=1S/C38H56Cl2N3O9P/c1-10-42(11-2)37(44)35(39)28(5)51-53(46,52-29(6)36(40)38(45)43(12-3)13-4)50-24-23-48-33(26-41(7)8)27-49-34-20-15-14-18-31(34)22-21-30-17-16-19-32(25-30)47-9/h14-20,25,33H,10-13,21-24,26-27H2,1-9H3/b35-28-,36-29-/t33-/m1/s1. The highest BCUT2D eigenvalue weighted by molar-refractivity contribution is 7.48. The minimum Gasteiger partial charge on any atom is -0.497 e. The van der Waals surface area contributed by atoms with E-state index in [9.17, 15) is 14.2 Å². The molecule has 0 spiro atoms. The summed E-state index contributed by atoms with van der Waals surface area (Å²) in [6.07, 6.45) is 1.18. The second-order valence-corrected chi connectivity index (χ2v) is 14.5. The van der Waals surface area contributed by atoms with E-state index in [4.69, 9.17) is 51.0 Å². The van der Waals surface area contributed by atoms with E-state index in [-0.39, 0.29) is 41.4 Å². The van der Waals surface area contributed by atoms with Gasteiger partial charge < -0.3 is 38.0 Å². The zero-order chi connectivity index (χ0) is 39.6. The van der Waals surface area contributed by atoms with Crippen molar-refractivity contribution in [3.05, 3.63) is 81.2 Å². The lowest BCUT2D eigenvalue weighted by molar-refractivity contribution is -0.127. The number of nitrogens with zero attached hydrogens (tertiary/aromatic N) is 3. The molecule has 0 aromatic heterocycles. The van der Waals surface area contributed by atoms with Crippen LogP contribution in [0.5, 0.6) is 11.5 Å². The summed E-state index contributed by atoms with van der Waals surface area (Å²) in [5.41, 5.74) is 2.21. The van der Waals surface area contributed by atoms with Crippen LogP contribution in [0.2, 0.25) is 0 Å². The van der Waals surface area contributed by atoms with Gasteiger partial charge in [0.2, 0.25) is 0 Å². The third-order valence-corrected chi connectivity index (χ3v) is 10.4. The van der Waals surface area contributed by atoms with Crippen LogP contribution in [0.15, 0.2) is 70.1 Å². The number of halogens is 2. The lowest BCUT2D eigenvalue weighted by atomic mass is 10.0. The van der Waals surface area contributed by atoms with Crippen LogP contribution in [-0.4, -0.2) is 106 Å². The first kappa shape index (κ1) is 45.9. The fraction of sp³-hybridized carbons (Fsp3) is 0.526. The van der Waals surface area contributed by atoms with E-state index in [2.05, 4.69) is 6.07 Å². The van der Waals surface area contributed by atoms with Crippen molar-refractivity contribution in [2.75, 3.05) is 73.7 Å². The maximum Gasteiger partial charge on any atom is 0.587 e. The number of aryl methyl sites for hydroxylation is 2. The van der Waals surface area contributed by atoms with Crippen LogP contribution in [0.4, 0.5) is 0 Å². The van der Waals surface area contributed by atoms with Crippen LogP contribution < -0.4 is 9.47 Å². The van der Waals surface area contributed by atoms with Crippen molar-refractivity contribution in [3.8, 4) is 11.5 Å². The first-order valence-electron chi connectivity index (χ1n) is 17.8. The number of ether oxygens (including phenoxy) is 3. The average molecular weight is 801 g/mol. The predicted molar refractivity (Wildman–Crippen MR) is 209 cm³/mol. The number of carbonyl (C=O) groups is 2. The van der Waals surface area contributed by atoms with E-state index in [1.165, 1.54) is 23.6 Å². The summed E-state index contributed by atoms with van der Waals surface area (Å²) >= 11 is 12.7. The number of rotatable bonds is 24. The number of phosphoric ester groups is 1. The molecular formula is C38H56Cl2N3O9P. The summed E-state index contributed by atoms with van der Waals surface area (Å²) in [7, 11) is 0.925. The minimum atomic E-state index is -4.56. The van der Waals surface area contributed by atoms with Crippen molar-refractivity contribution in [3.63, 3.8) is 0 Å². The maximum atomic E-state index is 14.1. The number of likely N-dealkylation sites (N-methyl/N-ethyl adjacent to an activating group) is 3. The van der Waals surface area contributed by atoms with Crippen molar-refractivity contribution in [1.29, 1.82) is 0 Å². The van der Waals surface area contributed by atoms with Crippen LogP contribution in [0.25, 0.3) is 0 Å². The number of benzene rings is 2. The van der Waals surface area contributed by atoms with Gasteiger partial charge in [0.05, 0.1) is 20.3 Å². The number of phosphoric acid groups is 1. The third-order valence-electron chi connectivity index (χ3n) is 8.06. The second-order valence-electron chi connectivity index (χ2n) is 12.2. The molecule has 0 aliphatic heterocycles. The highest BCUT2D eigenvalue weighted by atomic mass is 35.5. The Hall–Kier alpha value is -3.25. The molecule has 0 N–H and O–H groups in total. The Kier molecular flexibility index (Phi) is 20.4. The van der Waals surface area contributed by atoms with Crippen molar-refractivity contribution < 1.29 is 41.9 Å². The molecule has 296 valence electrons. The maximum absolute atomic E-state index is 14.1. The van der Waals surface area contributed by atoms with Gasteiger partial charge in [-0.3, -0.25) is 14.1 Å². The Labute approximate surface area is 325 Å². The van der Waals surface area contributed by atoms with Gasteiger partial charge in [0.15, 0.2) is 0 Å². The van der Waals surface area contributed by atoms with Gasteiger partial charge in [0.25, 0.3) is 11.8 Å². The summed E-state index contributed by atoms with van der Waals surface area (Å²) in [6, 6.07) is 15.9. The molecule has 0 saturated carbocycles. The smallest absolute Gasteiger partial charge is 0.497 e. The zero-order valence-corrected chi connectivity index (χ0v) is 34.9. The molecule has 15 heteroatoms. The summed E-state index contributed by atoms with van der Waals surface area (Å²) < 4.78 is 48.8. The summed E-state index contributed by atoms with van der Waals surface area (Å²) in [5, 5.41) is -0.590. The molecule has 2 aromatic carbocycles. The monoisotopic (exact) mass is 799 g/mol. The molecule has 53 heavy (non-hydrogen) atoms. The molecule has 12 nitrogen and oxygen atoms in total. The summed E-state index contributed by atoms with van der Waals surface area (Å²) in [6.45, 7) is 12.1. The molecule has 0 aliphatic rings. The fourth-order valence-electron chi connectivity index (χ4n) is 5.15. The largest absolute Gasteiger partial charge is 0.587 e. The lowest BCUT2D eigenvalue weighted by Crippen LogP contribution is -2.34. The Bertz CT molecular complexity index is 1530. The van der Waals surface area contributed by atoms with Crippen LogP contribution in [-0.2, 0) is 45.3 Å². The number of allylic oxidation sites excluding steroid dienone is 2. The van der Waals surface area contributed by atoms with Crippen LogP contribution in [0.1, 0.15) is 52.7 Å². The van der Waals surface area contributed by atoms with Gasteiger partial charge in [0.1, 0.15) is 45.8 Å². The van der Waals surface area contributed by atoms with Crippen LogP contribution in [0, 0.1) is 0 Å². The van der Waals surface area contributed by atoms with E-state index in [1.807, 2.05) is 61.5 Å². The second kappa shape index (κ2) is 23.5. The first-order valence-corrected chi connectivity index (χ1v) is 20.0. The normalized spacial score (nSPS) is 13.1. The molecule has 2 rings (SSSR count). The Morgan fingerprint density at radius 2 is 1.36 bits per heavy atom.